The second kappa shape index (κ2) is 5.11. The van der Waals surface area contributed by atoms with E-state index in [0.717, 1.165) is 30.8 Å². The fourth-order valence-corrected chi connectivity index (χ4v) is 2.86. The van der Waals surface area contributed by atoms with Crippen molar-refractivity contribution in [1.82, 2.24) is 4.90 Å². The van der Waals surface area contributed by atoms with Gasteiger partial charge in [0, 0.05) is 12.6 Å². The number of ether oxygens (including phenoxy) is 1. The van der Waals surface area contributed by atoms with Gasteiger partial charge in [-0.3, -0.25) is 4.79 Å². The van der Waals surface area contributed by atoms with Crippen molar-refractivity contribution in [2.75, 3.05) is 18.4 Å². The highest BCUT2D eigenvalue weighted by Crippen LogP contribution is 2.29. The number of piperidine rings is 1. The average molecular weight is 260 g/mol. The van der Waals surface area contributed by atoms with Crippen molar-refractivity contribution in [2.24, 2.45) is 0 Å². The number of hydrogen-bond acceptors (Lipinski definition) is 3. The standard InChI is InChI=1S/C15H20N2O2/c1-11-6-4-5-9-17(11)15(18)14-10-16-12-7-2-3-8-13(12)19-14/h2-3,7-8,11,14,16H,4-6,9-10H2,1H3. The van der Waals surface area contributed by atoms with Gasteiger partial charge in [0.05, 0.1) is 12.2 Å². The average Bonchev–Trinajstić information content (AvgIpc) is 2.46. The minimum Gasteiger partial charge on any atom is -0.477 e. The third kappa shape index (κ3) is 2.39. The molecule has 19 heavy (non-hydrogen) atoms. The van der Waals surface area contributed by atoms with Crippen LogP contribution in [0.3, 0.4) is 0 Å². The normalized spacial score (nSPS) is 26.1. The molecule has 0 aliphatic carbocycles. The first-order valence-corrected chi connectivity index (χ1v) is 7.06. The van der Waals surface area contributed by atoms with Crippen LogP contribution in [0.5, 0.6) is 5.75 Å². The lowest BCUT2D eigenvalue weighted by atomic mass is 10.0. The molecule has 1 fully saturated rings. The molecule has 2 atom stereocenters. The lowest BCUT2D eigenvalue weighted by molar-refractivity contribution is -0.141. The predicted molar refractivity (Wildman–Crippen MR) is 74.4 cm³/mol. The molecule has 2 aliphatic rings. The van der Waals surface area contributed by atoms with Gasteiger partial charge >= 0.3 is 0 Å². The Morgan fingerprint density at radius 3 is 3.05 bits per heavy atom. The second-order valence-electron chi connectivity index (χ2n) is 5.36. The summed E-state index contributed by atoms with van der Waals surface area (Å²) in [4.78, 5) is 14.5. The van der Waals surface area contributed by atoms with Crippen molar-refractivity contribution in [1.29, 1.82) is 0 Å². The molecule has 0 bridgehead atoms. The molecule has 4 nitrogen and oxygen atoms in total. The maximum atomic E-state index is 12.5. The van der Waals surface area contributed by atoms with Crippen molar-refractivity contribution in [2.45, 2.75) is 38.3 Å². The number of fused-ring (bicyclic) bond motifs is 1. The fourth-order valence-electron chi connectivity index (χ4n) is 2.86. The zero-order valence-electron chi connectivity index (χ0n) is 11.3. The highest BCUT2D eigenvalue weighted by Gasteiger charge is 2.32. The monoisotopic (exact) mass is 260 g/mol. The van der Waals surface area contributed by atoms with Crippen LogP contribution < -0.4 is 10.1 Å². The highest BCUT2D eigenvalue weighted by atomic mass is 16.5. The summed E-state index contributed by atoms with van der Waals surface area (Å²) in [6.07, 6.45) is 3.03. The topological polar surface area (TPSA) is 41.6 Å². The van der Waals surface area contributed by atoms with Crippen molar-refractivity contribution in [3.8, 4) is 5.75 Å². The van der Waals surface area contributed by atoms with Crippen LogP contribution in [0.1, 0.15) is 26.2 Å². The summed E-state index contributed by atoms with van der Waals surface area (Å²) in [5.41, 5.74) is 0.971. The van der Waals surface area contributed by atoms with Crippen LogP contribution in [0.15, 0.2) is 24.3 Å². The molecule has 1 amide bonds. The molecular formula is C15H20N2O2. The summed E-state index contributed by atoms with van der Waals surface area (Å²) in [7, 11) is 0. The van der Waals surface area contributed by atoms with Crippen LogP contribution in [0.2, 0.25) is 0 Å². The summed E-state index contributed by atoms with van der Waals surface area (Å²) in [6, 6.07) is 8.10. The number of nitrogens with one attached hydrogen (secondary N) is 1. The summed E-state index contributed by atoms with van der Waals surface area (Å²) in [5, 5.41) is 3.28. The zero-order valence-corrected chi connectivity index (χ0v) is 11.3. The summed E-state index contributed by atoms with van der Waals surface area (Å²) < 4.78 is 5.84. The summed E-state index contributed by atoms with van der Waals surface area (Å²) in [6.45, 7) is 3.54. The molecule has 2 aliphatic heterocycles. The Balaban J connectivity index is 1.72. The molecule has 1 N–H and O–H groups in total. The van der Waals surface area contributed by atoms with E-state index in [4.69, 9.17) is 4.74 Å². The number of amides is 1. The van der Waals surface area contributed by atoms with Crippen LogP contribution in [-0.2, 0) is 4.79 Å². The maximum absolute atomic E-state index is 12.5. The Labute approximate surface area is 113 Å². The Morgan fingerprint density at radius 1 is 1.37 bits per heavy atom. The summed E-state index contributed by atoms with van der Waals surface area (Å²) in [5.74, 6) is 0.894. The molecule has 0 saturated carbocycles. The third-order valence-corrected chi connectivity index (χ3v) is 4.00. The number of anilines is 1. The van der Waals surface area contributed by atoms with Crippen molar-refractivity contribution in [3.63, 3.8) is 0 Å². The minimum absolute atomic E-state index is 0.120. The maximum Gasteiger partial charge on any atom is 0.265 e. The number of nitrogens with zero attached hydrogens (tertiary/aromatic N) is 1. The molecule has 0 radical (unpaired) electrons. The Kier molecular flexibility index (Phi) is 3.32. The van der Waals surface area contributed by atoms with Gasteiger partial charge in [-0.15, -0.1) is 0 Å². The van der Waals surface area contributed by atoms with Gasteiger partial charge in [0.1, 0.15) is 5.75 Å². The van der Waals surface area contributed by atoms with E-state index >= 15 is 0 Å². The van der Waals surface area contributed by atoms with Gasteiger partial charge in [-0.05, 0) is 38.3 Å². The number of rotatable bonds is 1. The van der Waals surface area contributed by atoms with Crippen LogP contribution in [0.25, 0.3) is 0 Å². The van der Waals surface area contributed by atoms with E-state index in [1.807, 2.05) is 29.2 Å². The first kappa shape index (κ1) is 12.3. The largest absolute Gasteiger partial charge is 0.477 e. The number of likely N-dealkylation sites (tertiary alicyclic amines) is 1. The molecule has 1 aromatic rings. The molecule has 2 unspecified atom stereocenters. The van der Waals surface area contributed by atoms with E-state index in [0.29, 0.717) is 12.6 Å². The lowest BCUT2D eigenvalue weighted by Gasteiger charge is -2.37. The lowest BCUT2D eigenvalue weighted by Crippen LogP contribution is -2.51. The second-order valence-corrected chi connectivity index (χ2v) is 5.36. The molecule has 0 spiro atoms. The Hall–Kier alpha value is -1.71. The van der Waals surface area contributed by atoms with Crippen molar-refractivity contribution >= 4 is 11.6 Å². The first-order chi connectivity index (χ1) is 9.25. The molecule has 1 saturated heterocycles. The van der Waals surface area contributed by atoms with E-state index in [-0.39, 0.29) is 5.91 Å². The van der Waals surface area contributed by atoms with Gasteiger partial charge in [-0.2, -0.15) is 0 Å². The van der Waals surface area contributed by atoms with E-state index in [1.165, 1.54) is 6.42 Å². The molecule has 2 heterocycles. The number of hydrogen-bond donors (Lipinski definition) is 1. The van der Waals surface area contributed by atoms with Gasteiger partial charge in [-0.25, -0.2) is 0 Å². The SMILES string of the molecule is CC1CCCCN1C(=O)C1CNc2ccccc2O1. The van der Waals surface area contributed by atoms with Gasteiger partial charge in [0.25, 0.3) is 5.91 Å². The quantitative estimate of drug-likeness (QED) is 0.842. The zero-order chi connectivity index (χ0) is 13.2. The predicted octanol–water partition coefficient (Wildman–Crippen LogP) is 2.26. The molecule has 4 heteroatoms. The van der Waals surface area contributed by atoms with E-state index in [9.17, 15) is 4.79 Å². The van der Waals surface area contributed by atoms with Crippen molar-refractivity contribution in [3.05, 3.63) is 24.3 Å². The van der Waals surface area contributed by atoms with Crippen LogP contribution in [-0.4, -0.2) is 36.0 Å². The van der Waals surface area contributed by atoms with E-state index < -0.39 is 6.10 Å². The number of carbonyl (C=O) groups is 1. The Morgan fingerprint density at radius 2 is 2.21 bits per heavy atom. The van der Waals surface area contributed by atoms with Gasteiger partial charge in [-0.1, -0.05) is 12.1 Å². The molecule has 0 aromatic heterocycles. The fraction of sp³-hybridized carbons (Fsp3) is 0.533. The third-order valence-electron chi connectivity index (χ3n) is 4.00. The molecule has 102 valence electrons. The number of benzene rings is 1. The van der Waals surface area contributed by atoms with Gasteiger partial charge in [0.15, 0.2) is 6.10 Å². The highest BCUT2D eigenvalue weighted by molar-refractivity contribution is 5.83. The van der Waals surface area contributed by atoms with Gasteiger partial charge in [0.2, 0.25) is 0 Å². The minimum atomic E-state index is -0.393. The molecule has 1 aromatic carbocycles. The van der Waals surface area contributed by atoms with Crippen LogP contribution in [0.4, 0.5) is 5.69 Å². The van der Waals surface area contributed by atoms with E-state index in [1.54, 1.807) is 0 Å². The van der Waals surface area contributed by atoms with Crippen LogP contribution >= 0.6 is 0 Å². The Bertz CT molecular complexity index is 475. The molecular weight excluding hydrogens is 240 g/mol. The summed E-state index contributed by atoms with van der Waals surface area (Å²) >= 11 is 0. The smallest absolute Gasteiger partial charge is 0.265 e. The number of carbonyl (C=O) groups excluding carboxylic acids is 1. The molecule has 3 rings (SSSR count). The van der Waals surface area contributed by atoms with Crippen LogP contribution in [0, 0.1) is 0 Å². The first-order valence-electron chi connectivity index (χ1n) is 7.06. The van der Waals surface area contributed by atoms with Crippen molar-refractivity contribution < 1.29 is 9.53 Å². The number of para-hydroxylation sites is 2. The van der Waals surface area contributed by atoms with Gasteiger partial charge < -0.3 is 15.0 Å². The van der Waals surface area contributed by atoms with E-state index in [2.05, 4.69) is 12.2 Å².